The predicted molar refractivity (Wildman–Crippen MR) is 98.6 cm³/mol. The molecule has 1 fully saturated rings. The molecule has 25 heavy (non-hydrogen) atoms. The molecule has 1 heterocycles. The quantitative estimate of drug-likeness (QED) is 0.798. The first-order valence-electron chi connectivity index (χ1n) is 9.48. The van der Waals surface area contributed by atoms with Gasteiger partial charge in [-0.1, -0.05) is 33.3 Å². The highest BCUT2D eigenvalue weighted by Crippen LogP contribution is 2.30. The van der Waals surface area contributed by atoms with Crippen molar-refractivity contribution in [2.45, 2.75) is 65.5 Å². The molecular formula is C20H31N3O2. The van der Waals surface area contributed by atoms with Crippen LogP contribution in [0.25, 0.3) is 0 Å². The van der Waals surface area contributed by atoms with E-state index in [9.17, 15) is 9.59 Å². The first kappa shape index (κ1) is 19.4. The molecule has 1 aliphatic carbocycles. The van der Waals surface area contributed by atoms with Gasteiger partial charge in [0.15, 0.2) is 0 Å². The van der Waals surface area contributed by atoms with Gasteiger partial charge in [0.25, 0.3) is 0 Å². The minimum Gasteiger partial charge on any atom is -0.350 e. The smallest absolute Gasteiger partial charge is 0.243 e. The largest absolute Gasteiger partial charge is 0.350 e. The Morgan fingerprint density at radius 1 is 1.24 bits per heavy atom. The second-order valence-corrected chi connectivity index (χ2v) is 7.44. The molecule has 0 bridgehead atoms. The summed E-state index contributed by atoms with van der Waals surface area (Å²) in [5.74, 6) is 0.756. The zero-order valence-electron chi connectivity index (χ0n) is 15.6. The molecule has 138 valence electrons. The van der Waals surface area contributed by atoms with Crippen LogP contribution in [0.3, 0.4) is 0 Å². The van der Waals surface area contributed by atoms with Gasteiger partial charge in [-0.05, 0) is 49.1 Å². The third-order valence-electron chi connectivity index (χ3n) is 5.23. The average Bonchev–Trinajstić information content (AvgIpc) is 2.64. The zero-order chi connectivity index (χ0) is 18.2. The molecule has 1 aromatic heterocycles. The summed E-state index contributed by atoms with van der Waals surface area (Å²) in [4.78, 5) is 29.2. The molecule has 1 saturated carbocycles. The van der Waals surface area contributed by atoms with Gasteiger partial charge in [0, 0.05) is 24.9 Å². The van der Waals surface area contributed by atoms with E-state index in [-0.39, 0.29) is 23.7 Å². The van der Waals surface area contributed by atoms with Crippen LogP contribution >= 0.6 is 0 Å². The van der Waals surface area contributed by atoms with Crippen LogP contribution in [0.5, 0.6) is 0 Å². The van der Waals surface area contributed by atoms with E-state index in [0.29, 0.717) is 6.54 Å². The Morgan fingerprint density at radius 3 is 2.52 bits per heavy atom. The molecule has 1 aliphatic rings. The minimum atomic E-state index is -0.493. The topological polar surface area (TPSA) is 71.1 Å². The Bertz CT molecular complexity index is 551. The third-order valence-corrected chi connectivity index (χ3v) is 5.23. The Labute approximate surface area is 151 Å². The summed E-state index contributed by atoms with van der Waals surface area (Å²) in [6.45, 7) is 6.56. The molecular weight excluding hydrogens is 314 g/mol. The monoisotopic (exact) mass is 345 g/mol. The molecule has 5 nitrogen and oxygen atoms in total. The van der Waals surface area contributed by atoms with Gasteiger partial charge >= 0.3 is 0 Å². The van der Waals surface area contributed by atoms with Crippen LogP contribution in [0.2, 0.25) is 0 Å². The van der Waals surface area contributed by atoms with E-state index in [2.05, 4.69) is 22.5 Å². The number of hydrogen-bond donors (Lipinski definition) is 2. The van der Waals surface area contributed by atoms with Crippen molar-refractivity contribution >= 4 is 11.8 Å². The highest BCUT2D eigenvalue weighted by atomic mass is 16.2. The van der Waals surface area contributed by atoms with Crippen molar-refractivity contribution in [2.24, 2.45) is 17.8 Å². The molecule has 0 unspecified atom stereocenters. The van der Waals surface area contributed by atoms with Crippen LogP contribution in [0.15, 0.2) is 24.5 Å². The van der Waals surface area contributed by atoms with Crippen molar-refractivity contribution in [3.63, 3.8) is 0 Å². The molecule has 0 aliphatic heterocycles. The van der Waals surface area contributed by atoms with Crippen LogP contribution in [-0.4, -0.2) is 22.8 Å². The van der Waals surface area contributed by atoms with Crippen LogP contribution in [0.1, 0.15) is 58.4 Å². The molecule has 5 heteroatoms. The van der Waals surface area contributed by atoms with Crippen LogP contribution in [0, 0.1) is 17.8 Å². The molecule has 0 aromatic carbocycles. The van der Waals surface area contributed by atoms with Gasteiger partial charge in [-0.2, -0.15) is 0 Å². The van der Waals surface area contributed by atoms with Gasteiger partial charge in [0.2, 0.25) is 11.8 Å². The van der Waals surface area contributed by atoms with E-state index in [1.807, 2.05) is 26.0 Å². The Hall–Kier alpha value is -1.91. The fourth-order valence-corrected chi connectivity index (χ4v) is 3.44. The first-order valence-corrected chi connectivity index (χ1v) is 9.48. The number of amides is 2. The minimum absolute atomic E-state index is 0.0322. The number of aromatic nitrogens is 1. The van der Waals surface area contributed by atoms with E-state index >= 15 is 0 Å². The van der Waals surface area contributed by atoms with E-state index in [0.717, 1.165) is 37.2 Å². The van der Waals surface area contributed by atoms with Crippen LogP contribution < -0.4 is 10.6 Å². The molecule has 2 rings (SSSR count). The van der Waals surface area contributed by atoms with Crippen molar-refractivity contribution < 1.29 is 9.59 Å². The molecule has 2 amide bonds. The molecule has 1 aromatic rings. The summed E-state index contributed by atoms with van der Waals surface area (Å²) < 4.78 is 0. The summed E-state index contributed by atoms with van der Waals surface area (Å²) in [6, 6.07) is 3.27. The lowest BCUT2D eigenvalue weighted by molar-refractivity contribution is -0.133. The number of nitrogens with zero attached hydrogens (tertiary/aromatic N) is 1. The SMILES string of the molecule is CCC1CCC(C(=O)N[C@H](C(=O)NCc2cccnc2)C(C)C)CC1. The van der Waals surface area contributed by atoms with Crippen LogP contribution in [0.4, 0.5) is 0 Å². The Morgan fingerprint density at radius 2 is 1.96 bits per heavy atom. The van der Waals surface area contributed by atoms with E-state index in [1.165, 1.54) is 6.42 Å². The summed E-state index contributed by atoms with van der Waals surface area (Å²) in [7, 11) is 0. The van der Waals surface area contributed by atoms with Crippen molar-refractivity contribution in [1.82, 2.24) is 15.6 Å². The number of rotatable bonds is 7. The lowest BCUT2D eigenvalue weighted by Gasteiger charge is -2.29. The van der Waals surface area contributed by atoms with E-state index in [1.54, 1.807) is 12.4 Å². The molecule has 0 spiro atoms. The molecule has 0 saturated heterocycles. The normalized spacial score (nSPS) is 21.6. The fraction of sp³-hybridized carbons (Fsp3) is 0.650. The van der Waals surface area contributed by atoms with Gasteiger partial charge in [-0.25, -0.2) is 0 Å². The summed E-state index contributed by atoms with van der Waals surface area (Å²) in [6.07, 6.45) is 8.74. The number of nitrogens with one attached hydrogen (secondary N) is 2. The number of pyridine rings is 1. The fourth-order valence-electron chi connectivity index (χ4n) is 3.44. The maximum Gasteiger partial charge on any atom is 0.243 e. The zero-order valence-corrected chi connectivity index (χ0v) is 15.6. The van der Waals surface area contributed by atoms with Crippen LogP contribution in [-0.2, 0) is 16.1 Å². The highest BCUT2D eigenvalue weighted by Gasteiger charge is 2.30. The van der Waals surface area contributed by atoms with Crippen molar-refractivity contribution in [1.29, 1.82) is 0 Å². The first-order chi connectivity index (χ1) is 12.0. The maximum absolute atomic E-state index is 12.6. The number of carbonyl (C=O) groups is 2. The predicted octanol–water partition coefficient (Wildman–Crippen LogP) is 3.06. The number of carbonyl (C=O) groups excluding carboxylic acids is 2. The van der Waals surface area contributed by atoms with Gasteiger partial charge in [-0.3, -0.25) is 14.6 Å². The van der Waals surface area contributed by atoms with E-state index < -0.39 is 6.04 Å². The number of hydrogen-bond acceptors (Lipinski definition) is 3. The summed E-state index contributed by atoms with van der Waals surface area (Å²) in [5, 5.41) is 5.90. The highest BCUT2D eigenvalue weighted by molar-refractivity contribution is 5.88. The van der Waals surface area contributed by atoms with Crippen molar-refractivity contribution in [3.8, 4) is 0 Å². The molecule has 1 atom stereocenters. The van der Waals surface area contributed by atoms with Gasteiger partial charge in [-0.15, -0.1) is 0 Å². The second-order valence-electron chi connectivity index (χ2n) is 7.44. The van der Waals surface area contributed by atoms with Crippen molar-refractivity contribution in [3.05, 3.63) is 30.1 Å². The third kappa shape index (κ3) is 5.83. The Balaban J connectivity index is 1.87. The van der Waals surface area contributed by atoms with E-state index in [4.69, 9.17) is 0 Å². The molecule has 0 radical (unpaired) electrons. The van der Waals surface area contributed by atoms with Gasteiger partial charge in [0.05, 0.1) is 0 Å². The lowest BCUT2D eigenvalue weighted by Crippen LogP contribution is -2.51. The Kier molecular flexibility index (Phi) is 7.41. The maximum atomic E-state index is 12.6. The average molecular weight is 345 g/mol. The lowest BCUT2D eigenvalue weighted by atomic mass is 9.80. The molecule has 2 N–H and O–H groups in total. The summed E-state index contributed by atoms with van der Waals surface area (Å²) >= 11 is 0. The second kappa shape index (κ2) is 9.54. The van der Waals surface area contributed by atoms with Gasteiger partial charge in [0.1, 0.15) is 6.04 Å². The standard InChI is InChI=1S/C20H31N3O2/c1-4-15-7-9-17(10-8-15)19(24)23-18(14(2)3)20(25)22-13-16-6-5-11-21-12-16/h5-6,11-12,14-15,17-18H,4,7-10,13H2,1-3H3,(H,22,25)(H,23,24)/t15?,17?,18-/m0/s1. The van der Waals surface area contributed by atoms with Gasteiger partial charge < -0.3 is 10.6 Å². The summed E-state index contributed by atoms with van der Waals surface area (Å²) in [5.41, 5.74) is 0.947. The van der Waals surface area contributed by atoms with Crippen molar-refractivity contribution in [2.75, 3.05) is 0 Å².